The molecule has 0 radical (unpaired) electrons. The lowest BCUT2D eigenvalue weighted by Gasteiger charge is -2.21. The van der Waals surface area contributed by atoms with Crippen LogP contribution in [0, 0.1) is 11.8 Å². The molecule has 0 fully saturated rings. The maximum absolute atomic E-state index is 13.1. The van der Waals surface area contributed by atoms with Crippen LogP contribution in [0.25, 0.3) is 0 Å². The van der Waals surface area contributed by atoms with Gasteiger partial charge >= 0.3 is 39.5 Å². The number of aliphatic hydroxyl groups is 1. The van der Waals surface area contributed by atoms with Crippen molar-refractivity contribution in [2.24, 2.45) is 11.8 Å². The molecule has 0 amide bonds. The van der Waals surface area contributed by atoms with Crippen molar-refractivity contribution in [3.05, 3.63) is 0 Å². The molecule has 0 aromatic carbocycles. The summed E-state index contributed by atoms with van der Waals surface area (Å²) in [5.41, 5.74) is 0. The Kier molecular flexibility index (Phi) is 76.0. The molecule has 17 nitrogen and oxygen atoms in total. The fourth-order valence-corrected chi connectivity index (χ4v) is 15.0. The number of phosphoric acid groups is 2. The van der Waals surface area contributed by atoms with Crippen LogP contribution in [0.2, 0.25) is 0 Å². The molecule has 0 bridgehead atoms. The van der Waals surface area contributed by atoms with Crippen LogP contribution in [0.3, 0.4) is 0 Å². The smallest absolute Gasteiger partial charge is 0.462 e. The molecule has 0 spiro atoms. The van der Waals surface area contributed by atoms with E-state index in [0.29, 0.717) is 25.7 Å². The number of rotatable bonds is 85. The number of unbranched alkanes of at least 4 members (excludes halogenated alkanes) is 54. The molecule has 0 aliphatic rings. The molecular weight excluding hydrogens is 1370 g/mol. The Morgan fingerprint density at radius 1 is 0.276 bits per heavy atom. The fraction of sp³-hybridized carbons (Fsp3) is 0.953. The number of phosphoric ester groups is 2. The molecule has 0 aliphatic carbocycles. The van der Waals surface area contributed by atoms with Gasteiger partial charge in [-0.05, 0) is 37.5 Å². The summed E-state index contributed by atoms with van der Waals surface area (Å²) in [6.45, 7) is 9.75. The highest BCUT2D eigenvalue weighted by molar-refractivity contribution is 7.47. The quantitative estimate of drug-likeness (QED) is 0.0222. The first-order valence-electron chi connectivity index (χ1n) is 44.5. The average Bonchev–Trinajstić information content (AvgIpc) is 0.904. The van der Waals surface area contributed by atoms with Crippen molar-refractivity contribution in [1.82, 2.24) is 0 Å². The van der Waals surface area contributed by atoms with Gasteiger partial charge in [0.15, 0.2) is 12.2 Å². The van der Waals surface area contributed by atoms with Crippen molar-refractivity contribution in [2.75, 3.05) is 39.6 Å². The van der Waals surface area contributed by atoms with Crippen molar-refractivity contribution >= 4 is 39.5 Å². The lowest BCUT2D eigenvalue weighted by Crippen LogP contribution is -2.30. The summed E-state index contributed by atoms with van der Waals surface area (Å²) in [5.74, 6) is -0.467. The predicted octanol–water partition coefficient (Wildman–Crippen LogP) is 26.2. The van der Waals surface area contributed by atoms with Gasteiger partial charge in [0.05, 0.1) is 26.4 Å². The van der Waals surface area contributed by atoms with Crippen molar-refractivity contribution in [3.63, 3.8) is 0 Å². The van der Waals surface area contributed by atoms with Gasteiger partial charge in [-0.2, -0.15) is 0 Å². The highest BCUT2D eigenvalue weighted by atomic mass is 31.2. The number of hydrogen-bond acceptors (Lipinski definition) is 15. The van der Waals surface area contributed by atoms with E-state index in [0.717, 1.165) is 102 Å². The molecule has 105 heavy (non-hydrogen) atoms. The third-order valence-corrected chi connectivity index (χ3v) is 22.5. The number of ether oxygens (including phenoxy) is 4. The van der Waals surface area contributed by atoms with Crippen LogP contribution in [-0.2, 0) is 65.4 Å². The van der Waals surface area contributed by atoms with E-state index in [9.17, 15) is 43.2 Å². The van der Waals surface area contributed by atoms with Crippen LogP contribution in [0.1, 0.15) is 459 Å². The first-order chi connectivity index (χ1) is 50.9. The highest BCUT2D eigenvalue weighted by Crippen LogP contribution is 2.45. The van der Waals surface area contributed by atoms with Crippen LogP contribution >= 0.6 is 15.6 Å². The topological polar surface area (TPSA) is 237 Å². The Morgan fingerprint density at radius 3 is 0.724 bits per heavy atom. The minimum atomic E-state index is -4.97. The Labute approximate surface area is 645 Å². The number of hydrogen-bond donors (Lipinski definition) is 3. The Morgan fingerprint density at radius 2 is 0.486 bits per heavy atom. The van der Waals surface area contributed by atoms with E-state index in [1.54, 1.807) is 0 Å². The summed E-state index contributed by atoms with van der Waals surface area (Å²) in [7, 11) is -9.93. The highest BCUT2D eigenvalue weighted by Gasteiger charge is 2.30. The predicted molar refractivity (Wildman–Crippen MR) is 432 cm³/mol. The summed E-state index contributed by atoms with van der Waals surface area (Å²) in [6, 6.07) is 0. The second-order valence-corrected chi connectivity index (χ2v) is 34.6. The molecule has 6 atom stereocenters. The van der Waals surface area contributed by atoms with E-state index < -0.39 is 97.5 Å². The number of carbonyl (C=O) groups excluding carboxylic acids is 4. The van der Waals surface area contributed by atoms with Crippen molar-refractivity contribution in [2.45, 2.75) is 477 Å². The summed E-state index contributed by atoms with van der Waals surface area (Å²) in [4.78, 5) is 73.3. The van der Waals surface area contributed by atoms with E-state index >= 15 is 0 Å². The van der Waals surface area contributed by atoms with Crippen molar-refractivity contribution in [3.8, 4) is 0 Å². The first kappa shape index (κ1) is 103. The monoisotopic (exact) mass is 1540 g/mol. The molecule has 0 saturated heterocycles. The van der Waals surface area contributed by atoms with Crippen molar-refractivity contribution < 1.29 is 80.2 Å². The van der Waals surface area contributed by atoms with Gasteiger partial charge in [-0.1, -0.05) is 408 Å². The summed E-state index contributed by atoms with van der Waals surface area (Å²) < 4.78 is 69.0. The SMILES string of the molecule is CCCCCCCCCCCCCCCCCCCCC(=O)OC[C@H](COP(=O)(O)OC[C@@H](O)COP(=O)(O)OC[C@@H](COC(=O)CCCCCCCCCCCCCCC)OC(=O)CCCCCCCCCCCCCCCC(C)C)OC(=O)CCCCCCCCCCCCCCCCC(C)CC. The van der Waals surface area contributed by atoms with Crippen LogP contribution in [0.4, 0.5) is 0 Å². The third-order valence-electron chi connectivity index (χ3n) is 20.6. The van der Waals surface area contributed by atoms with Crippen LogP contribution in [-0.4, -0.2) is 96.7 Å². The second-order valence-electron chi connectivity index (χ2n) is 31.6. The van der Waals surface area contributed by atoms with E-state index in [2.05, 4.69) is 41.5 Å². The van der Waals surface area contributed by atoms with Crippen LogP contribution in [0.15, 0.2) is 0 Å². The fourth-order valence-electron chi connectivity index (χ4n) is 13.4. The van der Waals surface area contributed by atoms with Gasteiger partial charge in [0.25, 0.3) is 0 Å². The van der Waals surface area contributed by atoms with E-state index in [-0.39, 0.29) is 25.7 Å². The number of carbonyl (C=O) groups is 4. The minimum absolute atomic E-state index is 0.108. The Bertz CT molecular complexity index is 2010. The standard InChI is InChI=1S/C86H168O17P2/c1-7-10-12-14-16-18-20-22-23-24-25-26-33-39-45-51-57-63-69-84(89)97-75-82(102-85(90)70-64-58-52-46-40-34-28-27-32-37-43-49-55-61-67-79(6)9-3)77-101-105(94,95)99-73-80(87)72-98-104(92,93)100-76-81(74-96-83(88)68-62-56-50-44-38-30-21-19-17-15-13-11-8-2)103-86(91)71-65-59-53-47-41-35-29-31-36-42-48-54-60-66-78(4)5/h78-82,87H,7-77H2,1-6H3,(H,92,93)(H,94,95)/t79?,80-,81+,82+/m0/s1. The molecule has 0 heterocycles. The van der Waals surface area contributed by atoms with Gasteiger partial charge in [-0.15, -0.1) is 0 Å². The lowest BCUT2D eigenvalue weighted by molar-refractivity contribution is -0.161. The van der Waals surface area contributed by atoms with Crippen molar-refractivity contribution in [1.29, 1.82) is 0 Å². The zero-order valence-corrected chi connectivity index (χ0v) is 70.8. The van der Waals surface area contributed by atoms with Crippen LogP contribution < -0.4 is 0 Å². The zero-order chi connectivity index (χ0) is 77.1. The molecule has 3 N–H and O–H groups in total. The third kappa shape index (κ3) is 78.5. The molecule has 3 unspecified atom stereocenters. The number of aliphatic hydroxyl groups excluding tert-OH is 1. The van der Waals surface area contributed by atoms with Gasteiger partial charge in [-0.25, -0.2) is 9.13 Å². The van der Waals surface area contributed by atoms with Gasteiger partial charge in [-0.3, -0.25) is 37.3 Å². The van der Waals surface area contributed by atoms with Gasteiger partial charge in [0.2, 0.25) is 0 Å². The maximum Gasteiger partial charge on any atom is 0.472 e. The molecule has 0 aromatic rings. The zero-order valence-electron chi connectivity index (χ0n) is 69.0. The van der Waals surface area contributed by atoms with Gasteiger partial charge in [0, 0.05) is 25.7 Å². The van der Waals surface area contributed by atoms with E-state index in [4.69, 9.17) is 37.0 Å². The average molecular weight is 1540 g/mol. The Hall–Kier alpha value is -1.94. The normalized spacial score (nSPS) is 14.1. The largest absolute Gasteiger partial charge is 0.472 e. The maximum atomic E-state index is 13.1. The lowest BCUT2D eigenvalue weighted by atomic mass is 9.99. The first-order valence-corrected chi connectivity index (χ1v) is 47.5. The second kappa shape index (κ2) is 77.4. The molecular formula is C86H168O17P2. The molecule has 0 aromatic heterocycles. The van der Waals surface area contributed by atoms with E-state index in [1.807, 2.05) is 0 Å². The molecule has 0 rings (SSSR count). The summed E-state index contributed by atoms with van der Waals surface area (Å²) in [5, 5.41) is 10.7. The number of esters is 4. The van der Waals surface area contributed by atoms with Crippen LogP contribution in [0.5, 0.6) is 0 Å². The molecule has 0 saturated carbocycles. The molecule has 624 valence electrons. The summed E-state index contributed by atoms with van der Waals surface area (Å²) in [6.07, 6.45) is 69.2. The molecule has 0 aliphatic heterocycles. The Balaban J connectivity index is 5.27. The van der Waals surface area contributed by atoms with E-state index in [1.165, 1.54) is 276 Å². The molecule has 19 heteroatoms. The van der Waals surface area contributed by atoms with Gasteiger partial charge < -0.3 is 33.8 Å². The minimum Gasteiger partial charge on any atom is -0.462 e. The summed E-state index contributed by atoms with van der Waals surface area (Å²) >= 11 is 0. The van der Waals surface area contributed by atoms with Gasteiger partial charge in [0.1, 0.15) is 19.3 Å².